The van der Waals surface area contributed by atoms with E-state index in [0.29, 0.717) is 19.6 Å². The van der Waals surface area contributed by atoms with Gasteiger partial charge in [-0.3, -0.25) is 0 Å². The van der Waals surface area contributed by atoms with Crippen LogP contribution in [0.2, 0.25) is 43.8 Å². The summed E-state index contributed by atoms with van der Waals surface area (Å²) in [5.41, 5.74) is 2.15. The predicted octanol–water partition coefficient (Wildman–Crippen LogP) is 6.25. The molecule has 0 saturated heterocycles. The summed E-state index contributed by atoms with van der Waals surface area (Å²) in [6, 6.07) is 8.83. The van der Waals surface area contributed by atoms with Gasteiger partial charge in [-0.25, -0.2) is 0 Å². The molecule has 0 radical (unpaired) electrons. The smallest absolute Gasteiger partial charge is 0.192 e. The van der Waals surface area contributed by atoms with Crippen molar-refractivity contribution in [1.82, 2.24) is 0 Å². The van der Waals surface area contributed by atoms with E-state index < -0.39 is 22.5 Å². The minimum absolute atomic E-state index is 0.111. The summed E-state index contributed by atoms with van der Waals surface area (Å²) in [4.78, 5) is 0. The lowest BCUT2D eigenvalue weighted by molar-refractivity contribution is -0.0673. The summed E-state index contributed by atoms with van der Waals surface area (Å²) in [5, 5.41) is 11.1. The number of methoxy groups -OCH3 is 1. The molecule has 0 aliphatic rings. The lowest BCUT2D eigenvalue weighted by atomic mass is 10.1. The first-order valence-corrected chi connectivity index (χ1v) is 17.5. The van der Waals surface area contributed by atoms with Gasteiger partial charge >= 0.3 is 0 Å². The minimum atomic E-state index is -1.94. The maximum Gasteiger partial charge on any atom is 0.192 e. The molecule has 0 aromatic heterocycles. The van der Waals surface area contributed by atoms with E-state index in [9.17, 15) is 5.11 Å². The molecular formula is C24H44O4Si2. The summed E-state index contributed by atoms with van der Waals surface area (Å²) >= 11 is 0. The van der Waals surface area contributed by atoms with Gasteiger partial charge in [0, 0.05) is 8.07 Å². The van der Waals surface area contributed by atoms with Gasteiger partial charge in [-0.05, 0) is 48.3 Å². The normalized spacial score (nSPS) is 15.0. The Morgan fingerprint density at radius 1 is 1.07 bits per heavy atom. The predicted molar refractivity (Wildman–Crippen MR) is 133 cm³/mol. The van der Waals surface area contributed by atoms with Gasteiger partial charge in [-0.1, -0.05) is 58.1 Å². The zero-order valence-electron chi connectivity index (χ0n) is 20.7. The number of aliphatic hydroxyl groups is 1. The summed E-state index contributed by atoms with van der Waals surface area (Å²) in [6.45, 7) is 23.1. The van der Waals surface area contributed by atoms with Crippen LogP contribution in [-0.2, 0) is 15.8 Å². The highest BCUT2D eigenvalue weighted by Gasteiger charge is 2.38. The molecule has 1 N–H and O–H groups in total. The first-order chi connectivity index (χ1) is 13.6. The van der Waals surface area contributed by atoms with Crippen LogP contribution in [0.5, 0.6) is 5.75 Å². The first-order valence-electron chi connectivity index (χ1n) is 10.9. The lowest BCUT2D eigenvalue weighted by Gasteiger charge is -2.38. The molecule has 4 nitrogen and oxygen atoms in total. The van der Waals surface area contributed by atoms with Crippen LogP contribution in [-0.4, -0.2) is 47.4 Å². The van der Waals surface area contributed by atoms with Crippen LogP contribution in [0.4, 0.5) is 0 Å². The van der Waals surface area contributed by atoms with Gasteiger partial charge in [0.2, 0.25) is 0 Å². The fraction of sp³-hybridized carbons (Fsp3) is 0.667. The van der Waals surface area contributed by atoms with Crippen LogP contribution in [0.15, 0.2) is 36.4 Å². The molecule has 0 aliphatic carbocycles. The summed E-state index contributed by atoms with van der Waals surface area (Å²) in [5.74, 6) is 0.819. The molecule has 0 fully saturated rings. The van der Waals surface area contributed by atoms with Crippen molar-refractivity contribution < 1.29 is 19.0 Å². The van der Waals surface area contributed by atoms with Crippen molar-refractivity contribution >= 4 is 16.4 Å². The molecule has 0 saturated carbocycles. The van der Waals surface area contributed by atoms with Crippen LogP contribution in [0.3, 0.4) is 0 Å². The molecule has 6 heteroatoms. The maximum absolute atomic E-state index is 11.0. The van der Waals surface area contributed by atoms with Crippen LogP contribution in [0.1, 0.15) is 32.8 Å². The number of rotatable bonds is 12. The lowest BCUT2D eigenvalue weighted by Crippen LogP contribution is -2.45. The Hall–Kier alpha value is -0.926. The largest absolute Gasteiger partial charge is 0.497 e. The van der Waals surface area contributed by atoms with E-state index in [2.05, 4.69) is 60.1 Å². The third kappa shape index (κ3) is 9.48. The van der Waals surface area contributed by atoms with Crippen molar-refractivity contribution in [3.05, 3.63) is 42.0 Å². The summed E-state index contributed by atoms with van der Waals surface area (Å²) < 4.78 is 17.8. The Balaban J connectivity index is 2.84. The van der Waals surface area contributed by atoms with Gasteiger partial charge in [0.1, 0.15) is 11.9 Å². The molecule has 0 heterocycles. The van der Waals surface area contributed by atoms with E-state index in [4.69, 9.17) is 13.9 Å². The molecule has 2 atom stereocenters. The summed E-state index contributed by atoms with van der Waals surface area (Å²) in [7, 11) is -1.54. The van der Waals surface area contributed by atoms with Gasteiger partial charge in [0.15, 0.2) is 8.32 Å². The van der Waals surface area contributed by atoms with Crippen LogP contribution in [0.25, 0.3) is 0 Å². The number of ether oxygens (including phenoxy) is 2. The first kappa shape index (κ1) is 27.1. The number of aliphatic hydroxyl groups excluding tert-OH is 1. The molecule has 1 aromatic carbocycles. The van der Waals surface area contributed by atoms with Crippen LogP contribution >= 0.6 is 0 Å². The molecule has 0 spiro atoms. The molecule has 0 aliphatic heterocycles. The van der Waals surface area contributed by atoms with E-state index in [-0.39, 0.29) is 11.1 Å². The fourth-order valence-electron chi connectivity index (χ4n) is 2.95. The number of hydrogen-bond acceptors (Lipinski definition) is 4. The van der Waals surface area contributed by atoms with Gasteiger partial charge in [-0.2, -0.15) is 0 Å². The third-order valence-corrected chi connectivity index (χ3v) is 11.8. The molecule has 30 heavy (non-hydrogen) atoms. The van der Waals surface area contributed by atoms with Crippen molar-refractivity contribution in [3.63, 3.8) is 0 Å². The molecule has 0 unspecified atom stereocenters. The van der Waals surface area contributed by atoms with Gasteiger partial charge in [0.25, 0.3) is 0 Å². The zero-order valence-corrected chi connectivity index (χ0v) is 22.7. The average Bonchev–Trinajstić information content (AvgIpc) is 2.59. The van der Waals surface area contributed by atoms with Crippen LogP contribution in [0, 0.1) is 0 Å². The van der Waals surface area contributed by atoms with Crippen molar-refractivity contribution in [2.45, 2.75) is 89.8 Å². The zero-order chi connectivity index (χ0) is 23.2. The second-order valence-electron chi connectivity index (χ2n) is 11.0. The quantitative estimate of drug-likeness (QED) is 0.301. The molecule has 172 valence electrons. The highest BCUT2D eigenvalue weighted by molar-refractivity contribution is 6.76. The number of benzene rings is 1. The van der Waals surface area contributed by atoms with Crippen molar-refractivity contribution in [1.29, 1.82) is 0 Å². The summed E-state index contributed by atoms with van der Waals surface area (Å²) in [6.07, 6.45) is -0.463. The van der Waals surface area contributed by atoms with Crippen molar-refractivity contribution in [2.75, 3.05) is 13.7 Å². The van der Waals surface area contributed by atoms with Crippen molar-refractivity contribution in [3.8, 4) is 5.75 Å². The standard InChI is InChI=1S/C24H44O4Si2/c1-19(18-29(6,7)8)15-22(25)23(17-28-30(9,10)24(2,3)4)27-16-20-11-13-21(26-5)14-12-20/h11-14,22-23,25H,1,15-18H2,2-10H3/t22-,23+/m1/s1. The molecule has 1 rings (SSSR count). The third-order valence-electron chi connectivity index (χ3n) is 5.75. The monoisotopic (exact) mass is 452 g/mol. The Labute approximate surface area is 186 Å². The van der Waals surface area contributed by atoms with Gasteiger partial charge in [0.05, 0.1) is 26.4 Å². The van der Waals surface area contributed by atoms with Crippen molar-refractivity contribution in [2.24, 2.45) is 0 Å². The van der Waals surface area contributed by atoms with Gasteiger partial charge < -0.3 is 19.0 Å². The Morgan fingerprint density at radius 3 is 2.10 bits per heavy atom. The minimum Gasteiger partial charge on any atom is -0.497 e. The molecule has 0 bridgehead atoms. The second-order valence-corrected chi connectivity index (χ2v) is 21.3. The van der Waals surface area contributed by atoms with E-state index in [1.807, 2.05) is 24.3 Å². The highest BCUT2D eigenvalue weighted by atomic mass is 28.4. The Bertz CT molecular complexity index is 657. The Morgan fingerprint density at radius 2 is 1.63 bits per heavy atom. The fourth-order valence-corrected chi connectivity index (χ4v) is 5.61. The van der Waals surface area contributed by atoms with Gasteiger partial charge in [-0.15, -0.1) is 6.58 Å². The topological polar surface area (TPSA) is 47.9 Å². The molecule has 0 amide bonds. The number of hydrogen-bond donors (Lipinski definition) is 1. The SMILES string of the molecule is C=C(C[C@@H](O)[C@H](CO[Si](C)(C)C(C)(C)C)OCc1ccc(OC)cc1)C[Si](C)(C)C. The molecular weight excluding hydrogens is 408 g/mol. The second kappa shape index (κ2) is 11.1. The Kier molecular flexibility index (Phi) is 10.0. The van der Waals surface area contributed by atoms with E-state index in [0.717, 1.165) is 22.9 Å². The van der Waals surface area contributed by atoms with E-state index >= 15 is 0 Å². The van der Waals surface area contributed by atoms with E-state index in [1.165, 1.54) is 0 Å². The van der Waals surface area contributed by atoms with Crippen LogP contribution < -0.4 is 4.74 Å². The maximum atomic E-state index is 11.0. The highest BCUT2D eigenvalue weighted by Crippen LogP contribution is 2.37. The van der Waals surface area contributed by atoms with E-state index in [1.54, 1.807) is 7.11 Å². The molecule has 1 aromatic rings. The average molecular weight is 453 g/mol.